The van der Waals surface area contributed by atoms with Crippen LogP contribution in [0.5, 0.6) is 5.75 Å². The number of nitrogens with one attached hydrogen (secondary N) is 1. The Bertz CT molecular complexity index is 687. The van der Waals surface area contributed by atoms with Crippen LogP contribution in [0, 0.1) is 0 Å². The lowest BCUT2D eigenvalue weighted by atomic mass is 10.1. The van der Waals surface area contributed by atoms with Gasteiger partial charge in [-0.2, -0.15) is 0 Å². The molecule has 0 aliphatic heterocycles. The van der Waals surface area contributed by atoms with Crippen molar-refractivity contribution in [1.82, 2.24) is 5.32 Å². The molecule has 0 radical (unpaired) electrons. The number of benzene rings is 1. The topological polar surface area (TPSA) is 64.6 Å². The zero-order chi connectivity index (χ0) is 16.8. The zero-order valence-corrected chi connectivity index (χ0v) is 14.2. The number of methoxy groups -OCH3 is 2. The molecule has 7 heteroatoms. The highest BCUT2D eigenvalue weighted by Gasteiger charge is 2.22. The summed E-state index contributed by atoms with van der Waals surface area (Å²) in [5.41, 5.74) is 0.312. The van der Waals surface area contributed by atoms with Crippen LogP contribution < -0.4 is 10.1 Å². The predicted octanol–water partition coefficient (Wildman–Crippen LogP) is 3.44. The molecular weight excluding hydrogens is 338 g/mol. The summed E-state index contributed by atoms with van der Waals surface area (Å²) in [5, 5.41) is 5.14. The monoisotopic (exact) mass is 353 g/mol. The first-order valence-corrected chi connectivity index (χ1v) is 8.05. The highest BCUT2D eigenvalue weighted by atomic mass is 35.5. The molecule has 0 spiro atoms. The number of ether oxygens (including phenoxy) is 2. The zero-order valence-electron chi connectivity index (χ0n) is 12.7. The Labute approximate surface area is 143 Å². The Kier molecular flexibility index (Phi) is 6.01. The van der Waals surface area contributed by atoms with E-state index in [1.54, 1.807) is 12.1 Å². The van der Waals surface area contributed by atoms with Gasteiger partial charge in [-0.25, -0.2) is 0 Å². The Morgan fingerprint density at radius 2 is 2.09 bits per heavy atom. The maximum Gasteiger partial charge on any atom is 0.307 e. The number of hydrogen-bond acceptors (Lipinski definition) is 5. The molecule has 1 heterocycles. The molecule has 2 rings (SSSR count). The number of esters is 1. The average molecular weight is 354 g/mol. The van der Waals surface area contributed by atoms with E-state index >= 15 is 0 Å². The molecule has 0 aliphatic rings. The molecule has 0 fully saturated rings. The summed E-state index contributed by atoms with van der Waals surface area (Å²) in [6.07, 6.45) is 0.0473. The van der Waals surface area contributed by atoms with E-state index in [2.05, 4.69) is 5.32 Å². The number of carbonyl (C=O) groups excluding carboxylic acids is 2. The Balaban J connectivity index is 2.24. The van der Waals surface area contributed by atoms with E-state index in [1.807, 2.05) is 17.5 Å². The summed E-state index contributed by atoms with van der Waals surface area (Å²) in [4.78, 5) is 25.0. The van der Waals surface area contributed by atoms with Crippen molar-refractivity contribution in [2.45, 2.75) is 12.5 Å². The molecule has 1 N–H and O–H groups in total. The molecule has 1 aromatic heterocycles. The van der Waals surface area contributed by atoms with Gasteiger partial charge in [-0.15, -0.1) is 11.3 Å². The average Bonchev–Trinajstić information content (AvgIpc) is 3.08. The Hall–Kier alpha value is -2.05. The minimum Gasteiger partial charge on any atom is -0.496 e. The van der Waals surface area contributed by atoms with E-state index in [0.717, 1.165) is 4.88 Å². The minimum absolute atomic E-state index is 0.0473. The van der Waals surface area contributed by atoms with Gasteiger partial charge in [0.1, 0.15) is 5.75 Å². The third kappa shape index (κ3) is 4.46. The van der Waals surface area contributed by atoms with Gasteiger partial charge in [0.25, 0.3) is 5.91 Å². The van der Waals surface area contributed by atoms with Crippen molar-refractivity contribution in [3.05, 3.63) is 51.2 Å². The molecule has 1 aromatic carbocycles. The summed E-state index contributed by atoms with van der Waals surface area (Å²) in [6.45, 7) is 0. The van der Waals surface area contributed by atoms with Crippen LogP contribution in [0.3, 0.4) is 0 Å². The smallest absolute Gasteiger partial charge is 0.307 e. The highest BCUT2D eigenvalue weighted by Crippen LogP contribution is 2.26. The number of thiophene rings is 1. The first-order valence-electron chi connectivity index (χ1n) is 6.79. The molecule has 23 heavy (non-hydrogen) atoms. The lowest BCUT2D eigenvalue weighted by Gasteiger charge is -2.17. The molecule has 0 bridgehead atoms. The Morgan fingerprint density at radius 1 is 1.30 bits per heavy atom. The largest absolute Gasteiger partial charge is 0.496 e. The first-order chi connectivity index (χ1) is 11.0. The van der Waals surface area contributed by atoms with Crippen LogP contribution in [-0.2, 0) is 9.53 Å². The van der Waals surface area contributed by atoms with E-state index in [9.17, 15) is 9.59 Å². The second kappa shape index (κ2) is 7.99. The van der Waals surface area contributed by atoms with Crippen molar-refractivity contribution in [3.8, 4) is 5.75 Å². The number of halogens is 1. The van der Waals surface area contributed by atoms with Crippen LogP contribution in [0.25, 0.3) is 0 Å². The molecule has 0 saturated carbocycles. The van der Waals surface area contributed by atoms with Gasteiger partial charge < -0.3 is 14.8 Å². The van der Waals surface area contributed by atoms with Crippen LogP contribution in [0.4, 0.5) is 0 Å². The SMILES string of the molecule is COC(=O)CC(NC(=O)c1cc(Cl)ccc1OC)c1cccs1. The third-order valence-electron chi connectivity index (χ3n) is 3.20. The second-order valence-electron chi connectivity index (χ2n) is 4.67. The van der Waals surface area contributed by atoms with Gasteiger partial charge in [-0.3, -0.25) is 9.59 Å². The minimum atomic E-state index is -0.473. The van der Waals surface area contributed by atoms with Crippen LogP contribution in [0.15, 0.2) is 35.7 Å². The van der Waals surface area contributed by atoms with E-state index in [4.69, 9.17) is 21.1 Å². The molecular formula is C16H16ClNO4S. The molecule has 0 aliphatic carbocycles. The fourth-order valence-electron chi connectivity index (χ4n) is 2.06. The molecule has 1 atom stereocenters. The summed E-state index contributed by atoms with van der Waals surface area (Å²) in [5.74, 6) is -0.358. The van der Waals surface area contributed by atoms with E-state index in [0.29, 0.717) is 16.3 Å². The van der Waals surface area contributed by atoms with Crippen LogP contribution in [0.1, 0.15) is 27.7 Å². The number of rotatable bonds is 6. The van der Waals surface area contributed by atoms with Crippen LogP contribution in [-0.4, -0.2) is 26.1 Å². The van der Waals surface area contributed by atoms with Crippen molar-refractivity contribution in [2.24, 2.45) is 0 Å². The standard InChI is InChI=1S/C16H16ClNO4S/c1-21-13-6-5-10(17)8-11(13)16(20)18-12(9-15(19)22-2)14-4-3-7-23-14/h3-8,12H,9H2,1-2H3,(H,18,20). The summed E-state index contributed by atoms with van der Waals surface area (Å²) < 4.78 is 9.89. The van der Waals surface area contributed by atoms with Crippen molar-refractivity contribution in [2.75, 3.05) is 14.2 Å². The highest BCUT2D eigenvalue weighted by molar-refractivity contribution is 7.10. The third-order valence-corrected chi connectivity index (χ3v) is 4.42. The van der Waals surface area contributed by atoms with Crippen LogP contribution in [0.2, 0.25) is 5.02 Å². The predicted molar refractivity (Wildman–Crippen MR) is 89.2 cm³/mol. The quantitative estimate of drug-likeness (QED) is 0.808. The Morgan fingerprint density at radius 3 is 2.70 bits per heavy atom. The molecule has 0 saturated heterocycles. The molecule has 2 aromatic rings. The van der Waals surface area contributed by atoms with Gasteiger partial charge in [0.2, 0.25) is 0 Å². The molecule has 1 amide bonds. The van der Waals surface area contributed by atoms with Gasteiger partial charge in [0.15, 0.2) is 0 Å². The fraction of sp³-hybridized carbons (Fsp3) is 0.250. The summed E-state index contributed by atoms with van der Waals surface area (Å²) in [6, 6.07) is 8.03. The van der Waals surface area contributed by atoms with Crippen molar-refractivity contribution in [3.63, 3.8) is 0 Å². The fourth-order valence-corrected chi connectivity index (χ4v) is 3.01. The number of amides is 1. The van der Waals surface area contributed by atoms with E-state index in [1.165, 1.54) is 31.6 Å². The van der Waals surface area contributed by atoms with Gasteiger partial charge in [-0.1, -0.05) is 17.7 Å². The van der Waals surface area contributed by atoms with E-state index in [-0.39, 0.29) is 12.3 Å². The molecule has 122 valence electrons. The van der Waals surface area contributed by atoms with Crippen molar-refractivity contribution >= 4 is 34.8 Å². The normalized spacial score (nSPS) is 11.6. The maximum atomic E-state index is 12.6. The van der Waals surface area contributed by atoms with Crippen molar-refractivity contribution in [1.29, 1.82) is 0 Å². The second-order valence-corrected chi connectivity index (χ2v) is 6.08. The van der Waals surface area contributed by atoms with Crippen molar-refractivity contribution < 1.29 is 19.1 Å². The van der Waals surface area contributed by atoms with Gasteiger partial charge in [0, 0.05) is 9.90 Å². The van der Waals surface area contributed by atoms with Gasteiger partial charge in [0.05, 0.1) is 32.2 Å². The van der Waals surface area contributed by atoms with Crippen LogP contribution >= 0.6 is 22.9 Å². The summed E-state index contributed by atoms with van der Waals surface area (Å²) in [7, 11) is 2.79. The van der Waals surface area contributed by atoms with Gasteiger partial charge in [-0.05, 0) is 29.6 Å². The summed E-state index contributed by atoms with van der Waals surface area (Å²) >= 11 is 7.41. The first kappa shape index (κ1) is 17.3. The van der Waals surface area contributed by atoms with Gasteiger partial charge >= 0.3 is 5.97 Å². The molecule has 1 unspecified atom stereocenters. The lowest BCUT2D eigenvalue weighted by molar-refractivity contribution is -0.141. The number of carbonyl (C=O) groups is 2. The lowest BCUT2D eigenvalue weighted by Crippen LogP contribution is -2.30. The maximum absolute atomic E-state index is 12.6. The number of hydrogen-bond donors (Lipinski definition) is 1. The van der Waals surface area contributed by atoms with E-state index < -0.39 is 12.0 Å². The molecule has 5 nitrogen and oxygen atoms in total.